The number of ether oxygens (including phenoxy) is 1. The molecule has 0 saturated carbocycles. The summed E-state index contributed by atoms with van der Waals surface area (Å²) in [5, 5.41) is 14.3. The normalized spacial score (nSPS) is 10.9. The molecule has 0 spiro atoms. The van der Waals surface area contributed by atoms with Gasteiger partial charge >= 0.3 is 0 Å². The van der Waals surface area contributed by atoms with E-state index in [1.165, 1.54) is 23.1 Å². The average Bonchev–Trinajstić information content (AvgIpc) is 3.46. The van der Waals surface area contributed by atoms with Gasteiger partial charge in [0.15, 0.2) is 16.1 Å². The van der Waals surface area contributed by atoms with Crippen LogP contribution in [-0.4, -0.2) is 31.4 Å². The summed E-state index contributed by atoms with van der Waals surface area (Å²) in [5.74, 6) is 1.23. The van der Waals surface area contributed by atoms with E-state index in [4.69, 9.17) is 39.5 Å². The number of halogens is 3. The SMILES string of the molecule is C=CCn1c(COc2ccc(Cl)cc2)nnc1SCC(=O)Nc1ncc(Cc2cc(Cl)ccc2Cl)s1. The van der Waals surface area contributed by atoms with Gasteiger partial charge in [0, 0.05) is 39.1 Å². The Kier molecular flexibility index (Phi) is 9.28. The van der Waals surface area contributed by atoms with Crippen LogP contribution < -0.4 is 10.1 Å². The maximum atomic E-state index is 12.5. The summed E-state index contributed by atoms with van der Waals surface area (Å²) in [5.41, 5.74) is 0.902. The Morgan fingerprint density at radius 1 is 1.14 bits per heavy atom. The lowest BCUT2D eigenvalue weighted by Gasteiger charge is -2.09. The van der Waals surface area contributed by atoms with Gasteiger partial charge < -0.3 is 10.1 Å². The van der Waals surface area contributed by atoms with Crippen LogP contribution in [0.5, 0.6) is 5.75 Å². The molecule has 0 aliphatic rings. The molecule has 7 nitrogen and oxygen atoms in total. The van der Waals surface area contributed by atoms with Gasteiger partial charge in [0.25, 0.3) is 0 Å². The fraction of sp³-hybridized carbons (Fsp3) is 0.167. The minimum absolute atomic E-state index is 0.141. The lowest BCUT2D eigenvalue weighted by Crippen LogP contribution is -2.14. The van der Waals surface area contributed by atoms with Crippen LogP contribution >= 0.6 is 57.9 Å². The Labute approximate surface area is 231 Å². The number of anilines is 1. The number of thiazole rings is 1. The van der Waals surface area contributed by atoms with Crippen LogP contribution in [0.2, 0.25) is 15.1 Å². The zero-order valence-corrected chi connectivity index (χ0v) is 22.7. The summed E-state index contributed by atoms with van der Waals surface area (Å²) in [6, 6.07) is 12.4. The van der Waals surface area contributed by atoms with E-state index < -0.39 is 0 Å². The van der Waals surface area contributed by atoms with Crippen molar-refractivity contribution in [2.45, 2.75) is 24.7 Å². The van der Waals surface area contributed by atoms with Gasteiger partial charge in [-0.1, -0.05) is 52.6 Å². The van der Waals surface area contributed by atoms with E-state index in [2.05, 4.69) is 27.1 Å². The molecule has 186 valence electrons. The Bertz CT molecular complexity index is 1360. The first-order valence-electron chi connectivity index (χ1n) is 10.6. The third kappa shape index (κ3) is 7.24. The highest BCUT2D eigenvalue weighted by atomic mass is 35.5. The van der Waals surface area contributed by atoms with Crippen LogP contribution in [-0.2, 0) is 24.4 Å². The molecule has 0 bridgehead atoms. The van der Waals surface area contributed by atoms with Gasteiger partial charge in [-0.3, -0.25) is 9.36 Å². The average molecular weight is 581 g/mol. The number of rotatable bonds is 11. The number of hydrogen-bond acceptors (Lipinski definition) is 7. The van der Waals surface area contributed by atoms with Crippen molar-refractivity contribution >= 4 is 68.9 Å². The van der Waals surface area contributed by atoms with E-state index in [1.54, 1.807) is 48.7 Å². The third-order valence-corrected chi connectivity index (χ3v) is 7.53. The summed E-state index contributed by atoms with van der Waals surface area (Å²) in [6.07, 6.45) is 4.04. The van der Waals surface area contributed by atoms with Gasteiger partial charge in [0.1, 0.15) is 12.4 Å². The molecule has 12 heteroatoms. The summed E-state index contributed by atoms with van der Waals surface area (Å²) >= 11 is 20.9. The molecule has 0 unspecified atom stereocenters. The molecule has 36 heavy (non-hydrogen) atoms. The molecule has 0 atom stereocenters. The molecule has 4 aromatic rings. The predicted molar refractivity (Wildman–Crippen MR) is 147 cm³/mol. The predicted octanol–water partition coefficient (Wildman–Crippen LogP) is 6.78. The molecule has 0 aliphatic heterocycles. The zero-order valence-electron chi connectivity index (χ0n) is 18.8. The maximum absolute atomic E-state index is 12.5. The molecule has 2 heterocycles. The van der Waals surface area contributed by atoms with Crippen LogP contribution in [0.15, 0.2) is 66.5 Å². The Morgan fingerprint density at radius 3 is 2.69 bits per heavy atom. The fourth-order valence-corrected chi connectivity index (χ4v) is 5.25. The van der Waals surface area contributed by atoms with Gasteiger partial charge in [-0.25, -0.2) is 4.98 Å². The van der Waals surface area contributed by atoms with Crippen molar-refractivity contribution in [1.82, 2.24) is 19.7 Å². The molecule has 0 radical (unpaired) electrons. The highest BCUT2D eigenvalue weighted by Gasteiger charge is 2.15. The van der Waals surface area contributed by atoms with Crippen molar-refractivity contribution in [1.29, 1.82) is 0 Å². The molecule has 1 N–H and O–H groups in total. The van der Waals surface area contributed by atoms with Gasteiger partial charge in [-0.05, 0) is 48.0 Å². The van der Waals surface area contributed by atoms with Crippen LogP contribution in [0.1, 0.15) is 16.3 Å². The third-order valence-electron chi connectivity index (χ3n) is 4.79. The van der Waals surface area contributed by atoms with Crippen LogP contribution in [0.4, 0.5) is 5.13 Å². The van der Waals surface area contributed by atoms with Crippen molar-refractivity contribution in [2.24, 2.45) is 0 Å². The number of amides is 1. The number of benzene rings is 2. The number of thioether (sulfide) groups is 1. The van der Waals surface area contributed by atoms with Gasteiger partial charge in [0.2, 0.25) is 5.91 Å². The Balaban J connectivity index is 1.32. The summed E-state index contributed by atoms with van der Waals surface area (Å²) < 4.78 is 7.64. The number of nitrogens with one attached hydrogen (secondary N) is 1. The van der Waals surface area contributed by atoms with Crippen LogP contribution in [0.25, 0.3) is 0 Å². The second kappa shape index (κ2) is 12.6. The maximum Gasteiger partial charge on any atom is 0.236 e. The molecule has 0 fully saturated rings. The Morgan fingerprint density at radius 2 is 1.92 bits per heavy atom. The van der Waals surface area contributed by atoms with Crippen molar-refractivity contribution in [3.63, 3.8) is 0 Å². The van der Waals surface area contributed by atoms with E-state index in [1.807, 2.05) is 10.6 Å². The lowest BCUT2D eigenvalue weighted by molar-refractivity contribution is -0.113. The van der Waals surface area contributed by atoms with Crippen LogP contribution in [0.3, 0.4) is 0 Å². The van der Waals surface area contributed by atoms with Crippen molar-refractivity contribution in [2.75, 3.05) is 11.1 Å². The number of allylic oxidation sites excluding steroid dienone is 1. The molecule has 1 amide bonds. The first-order chi connectivity index (χ1) is 17.4. The second-order valence-electron chi connectivity index (χ2n) is 7.42. The smallest absolute Gasteiger partial charge is 0.236 e. The van der Waals surface area contributed by atoms with E-state index in [9.17, 15) is 4.79 Å². The molecule has 0 saturated heterocycles. The molecule has 4 rings (SSSR count). The number of carbonyl (C=O) groups excluding carboxylic acids is 1. The molecule has 0 aliphatic carbocycles. The molecular formula is C24H20Cl3N5O2S2. The Hall–Kier alpha value is -2.56. The summed E-state index contributed by atoms with van der Waals surface area (Å²) in [7, 11) is 0. The summed E-state index contributed by atoms with van der Waals surface area (Å²) in [4.78, 5) is 17.8. The molecule has 2 aromatic heterocycles. The first kappa shape index (κ1) is 26.5. The number of nitrogens with zero attached hydrogens (tertiary/aromatic N) is 4. The zero-order chi connectivity index (χ0) is 25.5. The molecular weight excluding hydrogens is 561 g/mol. The van der Waals surface area contributed by atoms with Gasteiger partial charge in [-0.2, -0.15) is 0 Å². The van der Waals surface area contributed by atoms with Gasteiger partial charge in [0.05, 0.1) is 5.75 Å². The van der Waals surface area contributed by atoms with E-state index in [0.717, 1.165) is 10.4 Å². The monoisotopic (exact) mass is 579 g/mol. The second-order valence-corrected chi connectivity index (χ2v) is 10.8. The lowest BCUT2D eigenvalue weighted by atomic mass is 10.1. The first-order valence-corrected chi connectivity index (χ1v) is 13.6. The standard InChI is InChI=1S/C24H20Cl3N5O2S2/c1-2-9-32-21(13-34-18-6-3-16(25)4-7-18)30-31-24(32)35-14-22(33)29-23-28-12-19(36-23)11-15-10-17(26)5-8-20(15)27/h2-8,10,12H,1,9,11,13-14H2,(H,28,29,33). The topological polar surface area (TPSA) is 81.9 Å². The van der Waals surface area contributed by atoms with Crippen LogP contribution in [0, 0.1) is 0 Å². The minimum atomic E-state index is -0.200. The largest absolute Gasteiger partial charge is 0.486 e. The van der Waals surface area contributed by atoms with E-state index >= 15 is 0 Å². The van der Waals surface area contributed by atoms with Gasteiger partial charge in [-0.15, -0.1) is 28.1 Å². The highest BCUT2D eigenvalue weighted by molar-refractivity contribution is 7.99. The molecule has 2 aromatic carbocycles. The summed E-state index contributed by atoms with van der Waals surface area (Å²) in [6.45, 7) is 4.50. The van der Waals surface area contributed by atoms with E-state index in [-0.39, 0.29) is 18.3 Å². The van der Waals surface area contributed by atoms with Crippen molar-refractivity contribution in [3.05, 3.63) is 92.6 Å². The van der Waals surface area contributed by atoms with E-state index in [0.29, 0.717) is 49.9 Å². The van der Waals surface area contributed by atoms with Crippen molar-refractivity contribution < 1.29 is 9.53 Å². The van der Waals surface area contributed by atoms with Crippen molar-refractivity contribution in [3.8, 4) is 5.75 Å². The number of carbonyl (C=O) groups is 1. The highest BCUT2D eigenvalue weighted by Crippen LogP contribution is 2.27. The minimum Gasteiger partial charge on any atom is -0.486 e. The fourth-order valence-electron chi connectivity index (χ4n) is 3.12. The number of hydrogen-bond donors (Lipinski definition) is 1. The number of aromatic nitrogens is 4. The quantitative estimate of drug-likeness (QED) is 0.156.